The van der Waals surface area contributed by atoms with E-state index in [-0.39, 0.29) is 11.5 Å². The van der Waals surface area contributed by atoms with Gasteiger partial charge in [-0.3, -0.25) is 14.4 Å². The Morgan fingerprint density at radius 1 is 0.881 bits per heavy atom. The summed E-state index contributed by atoms with van der Waals surface area (Å²) >= 11 is 0. The van der Waals surface area contributed by atoms with Crippen molar-refractivity contribution in [2.24, 2.45) is 17.3 Å². The molecule has 3 aromatic rings. The van der Waals surface area contributed by atoms with Gasteiger partial charge in [0.15, 0.2) is 0 Å². The number of rotatable bonds is 5. The van der Waals surface area contributed by atoms with E-state index < -0.39 is 34.6 Å². The second-order valence-corrected chi connectivity index (χ2v) is 12.6. The fourth-order valence-electron chi connectivity index (χ4n) is 8.40. The van der Waals surface area contributed by atoms with Crippen LogP contribution >= 0.6 is 0 Å². The lowest BCUT2D eigenvalue weighted by molar-refractivity contribution is -0.175. The van der Waals surface area contributed by atoms with Crippen molar-refractivity contribution in [3.8, 4) is 11.1 Å². The second-order valence-electron chi connectivity index (χ2n) is 12.6. The summed E-state index contributed by atoms with van der Waals surface area (Å²) in [6, 6.07) is 16.9. The van der Waals surface area contributed by atoms with Crippen LogP contribution in [0.2, 0.25) is 0 Å². The molecule has 4 aliphatic carbocycles. The summed E-state index contributed by atoms with van der Waals surface area (Å²) in [6.07, 6.45) is 0.338. The Balaban J connectivity index is 1.07. The highest BCUT2D eigenvalue weighted by atomic mass is 19.4. The third kappa shape index (κ3) is 4.28. The minimum atomic E-state index is -4.47. The minimum Gasteiger partial charge on any atom is -0.481 e. The first-order valence-corrected chi connectivity index (χ1v) is 14.2. The molecule has 216 valence electrons. The molecule has 0 unspecified atom stereocenters. The van der Waals surface area contributed by atoms with E-state index in [0.29, 0.717) is 36.1 Å². The second kappa shape index (κ2) is 9.18. The van der Waals surface area contributed by atoms with Gasteiger partial charge in [-0.15, -0.1) is 0 Å². The van der Waals surface area contributed by atoms with Gasteiger partial charge < -0.3 is 15.3 Å². The van der Waals surface area contributed by atoms with Gasteiger partial charge in [-0.25, -0.2) is 0 Å². The third-order valence-corrected chi connectivity index (χ3v) is 9.92. The van der Waals surface area contributed by atoms with Crippen LogP contribution < -0.4 is 5.32 Å². The van der Waals surface area contributed by atoms with Gasteiger partial charge in [0.1, 0.15) is 0 Å². The fraction of sp³-hybridized carbons (Fsp3) is 0.364. The number of aliphatic carboxylic acids is 1. The van der Waals surface area contributed by atoms with Crippen molar-refractivity contribution in [3.05, 3.63) is 89.0 Å². The van der Waals surface area contributed by atoms with Crippen molar-refractivity contribution < 1.29 is 32.7 Å². The van der Waals surface area contributed by atoms with Crippen LogP contribution in [-0.2, 0) is 17.5 Å². The molecule has 0 radical (unpaired) electrons. The molecule has 0 aromatic heterocycles. The average Bonchev–Trinajstić information content (AvgIpc) is 3.29. The summed E-state index contributed by atoms with van der Waals surface area (Å²) < 4.78 is 38.4. The SMILES string of the molecule is O=C(Nc1ccc(-c2ccc3c(c2)C(=O)N([C@@]24C[C@@H]5C[C@@H](C[C@@](C(=O)O)(C5)C2)C4)C3)cc1)c1ccc(C(F)(F)F)cc1. The summed E-state index contributed by atoms with van der Waals surface area (Å²) in [5, 5.41) is 12.8. The van der Waals surface area contributed by atoms with Crippen LogP contribution in [0.5, 0.6) is 0 Å². The maximum Gasteiger partial charge on any atom is 0.416 e. The number of alkyl halides is 3. The molecule has 1 aliphatic heterocycles. The molecule has 4 saturated carbocycles. The minimum absolute atomic E-state index is 0.0326. The van der Waals surface area contributed by atoms with Gasteiger partial charge in [-0.1, -0.05) is 24.3 Å². The lowest BCUT2D eigenvalue weighted by Gasteiger charge is -2.62. The molecule has 4 fully saturated rings. The first kappa shape index (κ1) is 26.7. The average molecular weight is 575 g/mol. The van der Waals surface area contributed by atoms with Crippen LogP contribution in [0.15, 0.2) is 66.7 Å². The van der Waals surface area contributed by atoms with Crippen LogP contribution in [0, 0.1) is 17.3 Å². The van der Waals surface area contributed by atoms with E-state index in [9.17, 15) is 32.7 Å². The fourth-order valence-corrected chi connectivity index (χ4v) is 8.40. The van der Waals surface area contributed by atoms with Gasteiger partial charge in [-0.05, 0) is 110 Å². The van der Waals surface area contributed by atoms with Crippen LogP contribution in [0.25, 0.3) is 11.1 Å². The number of hydrogen-bond acceptors (Lipinski definition) is 3. The summed E-state index contributed by atoms with van der Waals surface area (Å²) in [5.74, 6) is -0.560. The monoisotopic (exact) mass is 574 g/mol. The molecule has 2 amide bonds. The Morgan fingerprint density at radius 2 is 1.52 bits per heavy atom. The number of carboxylic acid groups (broad SMARTS) is 1. The molecule has 6 nitrogen and oxygen atoms in total. The highest BCUT2D eigenvalue weighted by molar-refractivity contribution is 6.04. The van der Waals surface area contributed by atoms with Crippen molar-refractivity contribution in [1.29, 1.82) is 0 Å². The van der Waals surface area contributed by atoms with E-state index in [1.165, 1.54) is 0 Å². The molecule has 3 aromatic carbocycles. The first-order valence-electron chi connectivity index (χ1n) is 14.2. The number of nitrogens with one attached hydrogen (secondary N) is 1. The van der Waals surface area contributed by atoms with Crippen molar-refractivity contribution in [3.63, 3.8) is 0 Å². The molecule has 4 bridgehead atoms. The van der Waals surface area contributed by atoms with Crippen molar-refractivity contribution in [2.45, 2.75) is 56.8 Å². The zero-order chi connectivity index (χ0) is 29.4. The number of halogens is 3. The Bertz CT molecular complexity index is 1600. The Labute approximate surface area is 240 Å². The van der Waals surface area contributed by atoms with Crippen LogP contribution in [0.3, 0.4) is 0 Å². The summed E-state index contributed by atoms with van der Waals surface area (Å²) in [7, 11) is 0. The van der Waals surface area contributed by atoms with Crippen molar-refractivity contribution in [2.75, 3.05) is 5.32 Å². The molecule has 0 saturated heterocycles. The van der Waals surface area contributed by atoms with E-state index in [1.54, 1.807) is 12.1 Å². The van der Waals surface area contributed by atoms with E-state index in [0.717, 1.165) is 73.1 Å². The summed E-state index contributed by atoms with van der Waals surface area (Å²) in [6.45, 7) is 0.499. The molecular formula is C33H29F3N2O4. The molecule has 1 heterocycles. The lowest BCUT2D eigenvalue weighted by Crippen LogP contribution is -2.64. The van der Waals surface area contributed by atoms with Gasteiger partial charge in [0.25, 0.3) is 11.8 Å². The summed E-state index contributed by atoms with van der Waals surface area (Å²) in [5.41, 5.74) is 1.95. The number of hydrogen-bond donors (Lipinski definition) is 2. The molecule has 8 rings (SSSR count). The van der Waals surface area contributed by atoms with Gasteiger partial charge in [-0.2, -0.15) is 13.2 Å². The predicted molar refractivity (Wildman–Crippen MR) is 149 cm³/mol. The number of benzene rings is 3. The maximum atomic E-state index is 13.8. The smallest absolute Gasteiger partial charge is 0.416 e. The first-order chi connectivity index (χ1) is 19.9. The zero-order valence-electron chi connectivity index (χ0n) is 22.7. The molecule has 0 spiro atoms. The van der Waals surface area contributed by atoms with Crippen LogP contribution in [0.4, 0.5) is 18.9 Å². The molecule has 4 atom stereocenters. The van der Waals surface area contributed by atoms with Crippen molar-refractivity contribution in [1.82, 2.24) is 4.90 Å². The number of carboxylic acids is 1. The van der Waals surface area contributed by atoms with E-state index in [4.69, 9.17) is 0 Å². The quantitative estimate of drug-likeness (QED) is 0.344. The van der Waals surface area contributed by atoms with E-state index in [2.05, 4.69) is 5.32 Å². The highest BCUT2D eigenvalue weighted by Gasteiger charge is 2.63. The Kier molecular flexibility index (Phi) is 5.84. The number of carbonyl (C=O) groups is 3. The normalized spacial score (nSPS) is 27.7. The van der Waals surface area contributed by atoms with Gasteiger partial charge in [0.2, 0.25) is 0 Å². The summed E-state index contributed by atoms with van der Waals surface area (Å²) in [4.78, 5) is 40.7. The standard InChI is InChI=1S/C33H29F3N2O4/c34-33(35,36)25-7-3-22(4-8-25)28(39)37-26-9-5-21(6-10-26)23-1-2-24-17-38(29(40)27(24)12-23)32-15-19-11-20(16-32)14-31(13-19,18-32)30(41)42/h1-10,12,19-20H,11,13-18H2,(H,37,39)(H,41,42)/t19-,20+,31+,32-. The molecule has 42 heavy (non-hydrogen) atoms. The number of amides is 2. The largest absolute Gasteiger partial charge is 0.481 e. The zero-order valence-corrected chi connectivity index (χ0v) is 22.7. The van der Waals surface area contributed by atoms with Gasteiger partial charge >= 0.3 is 12.1 Å². The lowest BCUT2D eigenvalue weighted by atomic mass is 9.46. The molecular weight excluding hydrogens is 545 g/mol. The van der Waals surface area contributed by atoms with Crippen molar-refractivity contribution >= 4 is 23.5 Å². The topological polar surface area (TPSA) is 86.7 Å². The molecule has 5 aliphatic rings. The maximum absolute atomic E-state index is 13.8. The Morgan fingerprint density at radius 3 is 2.14 bits per heavy atom. The highest BCUT2D eigenvalue weighted by Crippen LogP contribution is 2.64. The van der Waals surface area contributed by atoms with E-state index >= 15 is 0 Å². The van der Waals surface area contributed by atoms with Crippen LogP contribution in [0.1, 0.15) is 70.4 Å². The number of carbonyl (C=O) groups excluding carboxylic acids is 2. The third-order valence-electron chi connectivity index (χ3n) is 9.92. The van der Waals surface area contributed by atoms with Gasteiger partial charge in [0, 0.05) is 28.9 Å². The predicted octanol–water partition coefficient (Wildman–Crippen LogP) is 7.00. The Hall–Kier alpha value is -4.14. The number of nitrogens with zero attached hydrogens (tertiary/aromatic N) is 1. The molecule has 9 heteroatoms. The van der Waals surface area contributed by atoms with E-state index in [1.807, 2.05) is 35.2 Å². The molecule has 2 N–H and O–H groups in total. The van der Waals surface area contributed by atoms with Crippen LogP contribution in [-0.4, -0.2) is 33.3 Å². The number of fused-ring (bicyclic) bond motifs is 1. The number of anilines is 1. The van der Waals surface area contributed by atoms with Gasteiger partial charge in [0.05, 0.1) is 11.0 Å².